The zero-order chi connectivity index (χ0) is 23.3. The van der Waals surface area contributed by atoms with Gasteiger partial charge in [-0.25, -0.2) is 4.79 Å². The van der Waals surface area contributed by atoms with Crippen molar-refractivity contribution in [1.82, 2.24) is 4.57 Å². The number of aryl methyl sites for hydroxylation is 1. The highest BCUT2D eigenvalue weighted by Gasteiger charge is 2.54. The molecule has 3 N–H and O–H groups in total. The molecule has 9 heteroatoms. The van der Waals surface area contributed by atoms with E-state index in [2.05, 4.69) is 16.7 Å². The fourth-order valence-electron chi connectivity index (χ4n) is 5.98. The molecule has 1 fully saturated rings. The summed E-state index contributed by atoms with van der Waals surface area (Å²) >= 11 is 0. The molecule has 3 aliphatic rings. The third kappa shape index (κ3) is 4.26. The van der Waals surface area contributed by atoms with Crippen LogP contribution >= 0.6 is 0 Å². The van der Waals surface area contributed by atoms with Crippen LogP contribution in [0.15, 0.2) is 23.9 Å². The Bertz CT molecular complexity index is 902. The molecule has 1 saturated heterocycles. The minimum Gasteiger partial charge on any atom is -1.00 e. The Morgan fingerprint density at radius 3 is 2.70 bits per heavy atom. The van der Waals surface area contributed by atoms with E-state index < -0.39 is 29.9 Å². The van der Waals surface area contributed by atoms with Gasteiger partial charge < -0.3 is 46.3 Å². The third-order valence-corrected chi connectivity index (χ3v) is 8.01. The average molecular weight is 485 g/mol. The molecule has 0 amide bonds. The number of nitrogens with zero attached hydrogens (tertiary/aromatic N) is 2. The Hall–Kier alpha value is -1.42. The van der Waals surface area contributed by atoms with Gasteiger partial charge in [0, 0.05) is 37.4 Å². The van der Waals surface area contributed by atoms with Crippen LogP contribution in [-0.2, 0) is 27.4 Å². The number of ether oxygens (including phenoxy) is 2. The molecular formula is C24H37ClN2O6. The van der Waals surface area contributed by atoms with Crippen molar-refractivity contribution in [2.45, 2.75) is 76.7 Å². The predicted molar refractivity (Wildman–Crippen MR) is 117 cm³/mol. The second kappa shape index (κ2) is 9.68. The Kier molecular flexibility index (Phi) is 7.68. The lowest BCUT2D eigenvalue weighted by molar-refractivity contribution is -0.938. The maximum absolute atomic E-state index is 12.9. The van der Waals surface area contributed by atoms with E-state index in [1.807, 2.05) is 6.20 Å². The quantitative estimate of drug-likeness (QED) is 0.231. The van der Waals surface area contributed by atoms with Crippen LogP contribution in [0.3, 0.4) is 0 Å². The molecule has 5 unspecified atom stereocenters. The van der Waals surface area contributed by atoms with Crippen molar-refractivity contribution < 1.29 is 46.5 Å². The van der Waals surface area contributed by atoms with Crippen molar-refractivity contribution in [1.29, 1.82) is 0 Å². The number of rotatable bonds is 8. The number of aliphatic hydroxyl groups is 3. The first-order valence-electron chi connectivity index (χ1n) is 11.6. The highest BCUT2D eigenvalue weighted by Crippen LogP contribution is 2.41. The van der Waals surface area contributed by atoms with Crippen LogP contribution in [0.5, 0.6) is 0 Å². The molecule has 1 aromatic heterocycles. The Labute approximate surface area is 201 Å². The maximum Gasteiger partial charge on any atom is 0.341 e. The van der Waals surface area contributed by atoms with Gasteiger partial charge in [0.1, 0.15) is 25.3 Å². The van der Waals surface area contributed by atoms with E-state index >= 15 is 0 Å². The number of carbonyl (C=O) groups is 1. The Balaban J connectivity index is 0.00000306. The number of esters is 1. The standard InChI is InChI=1S/C24H37N2O6.ClH/c1-15(2)24(30,16(3)31-4)23(29)32-14-18-7-11-26(12-8-20(28)22(18)26)13-17-5-9-25-10-6-19(27)21(17)25;/h5,7,9,15-16,19-20,22,27-28,30H,6,8,10-14H2,1-4H3;1H/q+1;/p-1/t16?,19?,20-,22?,24?,26?;/m0./s1. The number of carbonyl (C=O) groups excluding carboxylic acids is 1. The summed E-state index contributed by atoms with van der Waals surface area (Å²) in [6.07, 6.45) is 3.89. The molecule has 4 heterocycles. The van der Waals surface area contributed by atoms with Crippen LogP contribution in [0.1, 0.15) is 51.0 Å². The number of methoxy groups -OCH3 is 1. The van der Waals surface area contributed by atoms with Crippen molar-refractivity contribution in [2.24, 2.45) is 5.92 Å². The predicted octanol–water partition coefficient (Wildman–Crippen LogP) is -1.72. The molecule has 0 aliphatic carbocycles. The van der Waals surface area contributed by atoms with Gasteiger partial charge in [0.15, 0.2) is 5.60 Å². The normalized spacial score (nSPS) is 30.9. The molecule has 0 radical (unpaired) electrons. The topological polar surface area (TPSA) is 101 Å². The van der Waals surface area contributed by atoms with Gasteiger partial charge in [-0.1, -0.05) is 13.8 Å². The van der Waals surface area contributed by atoms with E-state index in [9.17, 15) is 20.1 Å². The van der Waals surface area contributed by atoms with Crippen molar-refractivity contribution in [3.05, 3.63) is 35.2 Å². The molecule has 4 rings (SSSR count). The van der Waals surface area contributed by atoms with Crippen LogP contribution in [0.2, 0.25) is 0 Å². The van der Waals surface area contributed by atoms with Crippen molar-refractivity contribution in [3.63, 3.8) is 0 Å². The highest BCUT2D eigenvalue weighted by molar-refractivity contribution is 5.80. The molecule has 33 heavy (non-hydrogen) atoms. The first-order valence-corrected chi connectivity index (χ1v) is 11.6. The molecule has 0 aromatic carbocycles. The van der Waals surface area contributed by atoms with Gasteiger partial charge in [0.05, 0.1) is 31.0 Å². The van der Waals surface area contributed by atoms with Gasteiger partial charge >= 0.3 is 5.97 Å². The molecule has 0 saturated carbocycles. The fourth-order valence-corrected chi connectivity index (χ4v) is 5.98. The molecule has 3 aliphatic heterocycles. The minimum atomic E-state index is -1.74. The summed E-state index contributed by atoms with van der Waals surface area (Å²) in [4.78, 5) is 12.9. The smallest absolute Gasteiger partial charge is 0.341 e. The van der Waals surface area contributed by atoms with Gasteiger partial charge in [-0.05, 0) is 31.4 Å². The van der Waals surface area contributed by atoms with Crippen LogP contribution in [0.4, 0.5) is 0 Å². The number of fused-ring (bicyclic) bond motifs is 2. The first kappa shape index (κ1) is 26.2. The Morgan fingerprint density at radius 1 is 1.30 bits per heavy atom. The lowest BCUT2D eigenvalue weighted by Gasteiger charge is -2.37. The second-order valence-electron chi connectivity index (χ2n) is 10.0. The summed E-state index contributed by atoms with van der Waals surface area (Å²) in [5.74, 6) is -1.08. The zero-order valence-corrected chi connectivity index (χ0v) is 20.7. The summed E-state index contributed by atoms with van der Waals surface area (Å²) in [5.41, 5.74) is 1.28. The van der Waals surface area contributed by atoms with Crippen LogP contribution in [0.25, 0.3) is 0 Å². The second-order valence-corrected chi connectivity index (χ2v) is 10.0. The minimum absolute atomic E-state index is 0. The number of hydrogen-bond donors (Lipinski definition) is 3. The van der Waals surface area contributed by atoms with Crippen molar-refractivity contribution in [2.75, 3.05) is 26.8 Å². The van der Waals surface area contributed by atoms with Crippen LogP contribution in [0, 0.1) is 5.92 Å². The average Bonchev–Trinajstić information content (AvgIpc) is 3.50. The van der Waals surface area contributed by atoms with Crippen molar-refractivity contribution in [3.8, 4) is 0 Å². The fraction of sp³-hybridized carbons (Fsp3) is 0.708. The summed E-state index contributed by atoms with van der Waals surface area (Å²) in [6.45, 7) is 8.37. The highest BCUT2D eigenvalue weighted by atomic mass is 35.5. The van der Waals surface area contributed by atoms with Crippen molar-refractivity contribution >= 4 is 5.97 Å². The largest absolute Gasteiger partial charge is 1.00 e. The summed E-state index contributed by atoms with van der Waals surface area (Å²) in [6, 6.07) is 1.93. The summed E-state index contributed by atoms with van der Waals surface area (Å²) in [5, 5.41) is 32.2. The molecule has 186 valence electrons. The van der Waals surface area contributed by atoms with Gasteiger partial charge in [0.25, 0.3) is 0 Å². The molecule has 6 atom stereocenters. The number of hydrogen-bond acceptors (Lipinski definition) is 6. The first-order chi connectivity index (χ1) is 15.1. The number of quaternary nitrogens is 1. The van der Waals surface area contributed by atoms with E-state index in [0.29, 0.717) is 10.9 Å². The Morgan fingerprint density at radius 2 is 2.03 bits per heavy atom. The van der Waals surface area contributed by atoms with Gasteiger partial charge in [-0.2, -0.15) is 0 Å². The maximum atomic E-state index is 12.9. The van der Waals surface area contributed by atoms with E-state index in [1.54, 1.807) is 20.8 Å². The van der Waals surface area contributed by atoms with E-state index in [-0.39, 0.29) is 31.0 Å². The van der Waals surface area contributed by atoms with E-state index in [4.69, 9.17) is 9.47 Å². The van der Waals surface area contributed by atoms with Gasteiger partial charge in [-0.3, -0.25) is 0 Å². The summed E-state index contributed by atoms with van der Waals surface area (Å²) < 4.78 is 13.6. The molecule has 0 spiro atoms. The number of halogens is 1. The summed E-state index contributed by atoms with van der Waals surface area (Å²) in [7, 11) is 1.46. The van der Waals surface area contributed by atoms with Gasteiger partial charge in [-0.15, -0.1) is 0 Å². The molecule has 0 bridgehead atoms. The van der Waals surface area contributed by atoms with Crippen LogP contribution in [-0.4, -0.2) is 81.0 Å². The molecular weight excluding hydrogens is 448 g/mol. The monoisotopic (exact) mass is 484 g/mol. The third-order valence-electron chi connectivity index (χ3n) is 8.01. The lowest BCUT2D eigenvalue weighted by atomic mass is 9.85. The van der Waals surface area contributed by atoms with Crippen LogP contribution < -0.4 is 12.4 Å². The van der Waals surface area contributed by atoms with Gasteiger partial charge in [0.2, 0.25) is 0 Å². The SMILES string of the molecule is COC(C)C(O)(C(=O)OCC1=CC[N+]2(Cc3ccn4c3C(O)CC4)CC[C@H](O)C12)C(C)C.[Cl-]. The van der Waals surface area contributed by atoms with E-state index in [0.717, 1.165) is 49.4 Å². The number of aliphatic hydroxyl groups excluding tert-OH is 2. The molecule has 1 aromatic rings. The zero-order valence-electron chi connectivity index (χ0n) is 19.9. The number of aromatic nitrogens is 1. The molecule has 8 nitrogen and oxygen atoms in total. The van der Waals surface area contributed by atoms with E-state index in [1.165, 1.54) is 7.11 Å². The lowest BCUT2D eigenvalue weighted by Crippen LogP contribution is -3.00.